The average molecular weight is 778 g/mol. The quantitative estimate of drug-likeness (QED) is 0.225. The number of hydrogen-bond acceptors (Lipinski definition) is 8. The average Bonchev–Trinajstić information content (AvgIpc) is 3.49. The van der Waals surface area contributed by atoms with Crippen molar-refractivity contribution in [3.05, 3.63) is 135 Å². The molecule has 13 heteroatoms. The number of nitrogens with zero attached hydrogens (tertiary/aromatic N) is 4. The third-order valence-corrected chi connectivity index (χ3v) is 9.55. The van der Waals surface area contributed by atoms with Crippen LogP contribution in [0, 0.1) is 0 Å². The molecule has 4 N–H and O–H groups in total. The van der Waals surface area contributed by atoms with Crippen LogP contribution in [0.4, 0.5) is 11.6 Å². The molecule has 4 aliphatic rings. The first-order chi connectivity index (χ1) is 25.7. The second-order valence-corrected chi connectivity index (χ2v) is 13.8. The van der Waals surface area contributed by atoms with Crippen molar-refractivity contribution in [2.75, 3.05) is 36.8 Å². The van der Waals surface area contributed by atoms with Gasteiger partial charge in [0.25, 0.3) is 0 Å². The van der Waals surface area contributed by atoms with Crippen LogP contribution in [0.3, 0.4) is 0 Å². The number of benzene rings is 2. The molecule has 4 amide bonds. The molecule has 4 aromatic rings. The normalized spacial score (nSPS) is 15.9. The standard InChI is InChI=1S/C20H20N4O2.C12H13NO.C8H8BrN3O/c25-18-12-21-11-17-9-14(10-22-20(17)23-18)5-6-19(26)24-8-7-15-3-1-2-4-16(15)13-24;1-2-12(14)13-8-7-10-5-3-4-6-11(10)9-13;9-6-1-5-2-10-4-7(13)12-8(5)11-3-6/h1-6,9-10,21H,7-8,11-13H2,(H,22,23,25);2-6H,1,7-9H2;1,3,10H,2,4H2,(H,11,12,13)/b6-5+;;. The molecule has 0 unspecified atom stereocenters. The molecular weight excluding hydrogens is 736 g/mol. The molecule has 0 radical (unpaired) electrons. The lowest BCUT2D eigenvalue weighted by molar-refractivity contribution is -0.127. The Balaban J connectivity index is 0.000000150. The lowest BCUT2D eigenvalue weighted by Crippen LogP contribution is -2.34. The van der Waals surface area contributed by atoms with Gasteiger partial charge in [-0.2, -0.15) is 0 Å². The summed E-state index contributed by atoms with van der Waals surface area (Å²) in [6.45, 7) is 8.27. The summed E-state index contributed by atoms with van der Waals surface area (Å²) in [5.74, 6) is 1.11. The number of aromatic nitrogens is 2. The highest BCUT2D eigenvalue weighted by Gasteiger charge is 2.20. The van der Waals surface area contributed by atoms with E-state index in [1.807, 2.05) is 46.2 Å². The highest BCUT2D eigenvalue weighted by atomic mass is 79.9. The minimum Gasteiger partial charge on any atom is -0.335 e. The van der Waals surface area contributed by atoms with E-state index in [0.29, 0.717) is 37.8 Å². The largest absolute Gasteiger partial charge is 0.335 e. The Labute approximate surface area is 316 Å². The molecule has 4 aliphatic heterocycles. The Bertz CT molecular complexity index is 2050. The van der Waals surface area contributed by atoms with Crippen molar-refractivity contribution in [2.45, 2.75) is 39.0 Å². The summed E-state index contributed by atoms with van der Waals surface area (Å²) in [6.07, 6.45) is 9.94. The van der Waals surface area contributed by atoms with Crippen LogP contribution in [0.15, 0.2) is 96.3 Å². The van der Waals surface area contributed by atoms with Gasteiger partial charge in [-0.25, -0.2) is 9.97 Å². The van der Waals surface area contributed by atoms with Gasteiger partial charge in [-0.05, 0) is 80.9 Å². The second kappa shape index (κ2) is 17.8. The number of fused-ring (bicyclic) bond motifs is 4. The number of anilines is 2. The van der Waals surface area contributed by atoms with Crippen molar-refractivity contribution in [1.29, 1.82) is 0 Å². The van der Waals surface area contributed by atoms with E-state index >= 15 is 0 Å². The van der Waals surface area contributed by atoms with Crippen LogP contribution in [0.5, 0.6) is 0 Å². The van der Waals surface area contributed by atoms with E-state index in [4.69, 9.17) is 0 Å². The maximum atomic E-state index is 12.5. The summed E-state index contributed by atoms with van der Waals surface area (Å²) in [5.41, 5.74) is 7.92. The first-order valence-corrected chi connectivity index (χ1v) is 18.2. The minimum absolute atomic E-state index is 0.000809. The van der Waals surface area contributed by atoms with E-state index in [1.165, 1.54) is 28.3 Å². The Morgan fingerprint density at radius 3 is 1.75 bits per heavy atom. The van der Waals surface area contributed by atoms with Crippen LogP contribution in [0.2, 0.25) is 0 Å². The molecule has 272 valence electrons. The summed E-state index contributed by atoms with van der Waals surface area (Å²) >= 11 is 3.33. The van der Waals surface area contributed by atoms with Gasteiger partial charge in [0.05, 0.1) is 13.1 Å². The van der Waals surface area contributed by atoms with E-state index in [0.717, 1.165) is 53.6 Å². The number of hydrogen-bond donors (Lipinski definition) is 4. The molecule has 12 nitrogen and oxygen atoms in total. The fourth-order valence-electron chi connectivity index (χ4n) is 6.34. The zero-order chi connectivity index (χ0) is 37.2. The number of carbonyl (C=O) groups is 4. The van der Waals surface area contributed by atoms with Crippen molar-refractivity contribution in [1.82, 2.24) is 30.4 Å². The monoisotopic (exact) mass is 776 g/mol. The van der Waals surface area contributed by atoms with Crippen LogP contribution in [0.1, 0.15) is 38.9 Å². The molecule has 6 heterocycles. The lowest BCUT2D eigenvalue weighted by atomic mass is 10.00. The molecule has 2 aromatic carbocycles. The fraction of sp³-hybridized carbons (Fsp3) is 0.250. The Morgan fingerprint density at radius 2 is 1.19 bits per heavy atom. The van der Waals surface area contributed by atoms with Gasteiger partial charge in [0, 0.05) is 73.3 Å². The van der Waals surface area contributed by atoms with Crippen molar-refractivity contribution >= 4 is 57.3 Å². The zero-order valence-corrected chi connectivity index (χ0v) is 30.8. The van der Waals surface area contributed by atoms with Gasteiger partial charge in [0.15, 0.2) is 0 Å². The third-order valence-electron chi connectivity index (χ3n) is 9.12. The molecule has 0 aliphatic carbocycles. The van der Waals surface area contributed by atoms with Gasteiger partial charge >= 0.3 is 0 Å². The number of carbonyl (C=O) groups excluding carboxylic acids is 4. The summed E-state index contributed by atoms with van der Waals surface area (Å²) < 4.78 is 0.921. The van der Waals surface area contributed by atoms with Gasteiger partial charge in [0.1, 0.15) is 11.6 Å². The van der Waals surface area contributed by atoms with Gasteiger partial charge in [0.2, 0.25) is 23.6 Å². The number of nitrogens with one attached hydrogen (secondary N) is 4. The minimum atomic E-state index is -0.0971. The first kappa shape index (κ1) is 37.3. The fourth-order valence-corrected chi connectivity index (χ4v) is 6.72. The Morgan fingerprint density at radius 1 is 0.679 bits per heavy atom. The molecule has 0 bridgehead atoms. The topological polar surface area (TPSA) is 149 Å². The van der Waals surface area contributed by atoms with E-state index in [-0.39, 0.29) is 30.2 Å². The second-order valence-electron chi connectivity index (χ2n) is 12.8. The highest BCUT2D eigenvalue weighted by molar-refractivity contribution is 9.10. The molecule has 0 fully saturated rings. The number of halogens is 1. The van der Waals surface area contributed by atoms with Gasteiger partial charge in [-0.1, -0.05) is 55.1 Å². The van der Waals surface area contributed by atoms with Crippen molar-refractivity contribution < 1.29 is 19.2 Å². The summed E-state index contributed by atoms with van der Waals surface area (Å²) in [4.78, 5) is 58.6. The van der Waals surface area contributed by atoms with Crippen molar-refractivity contribution in [3.8, 4) is 0 Å². The first-order valence-electron chi connectivity index (χ1n) is 17.4. The maximum Gasteiger partial charge on any atom is 0.246 e. The molecule has 0 saturated carbocycles. The maximum absolute atomic E-state index is 12.5. The van der Waals surface area contributed by atoms with Gasteiger partial charge in [-0.3, -0.25) is 19.2 Å². The zero-order valence-electron chi connectivity index (χ0n) is 29.2. The summed E-state index contributed by atoms with van der Waals surface area (Å²) in [5, 5.41) is 11.5. The van der Waals surface area contributed by atoms with Gasteiger partial charge in [-0.15, -0.1) is 0 Å². The highest BCUT2D eigenvalue weighted by Crippen LogP contribution is 2.22. The van der Waals surface area contributed by atoms with Crippen LogP contribution >= 0.6 is 15.9 Å². The summed E-state index contributed by atoms with van der Waals surface area (Å²) in [6, 6.07) is 20.4. The van der Waals surface area contributed by atoms with E-state index < -0.39 is 0 Å². The lowest BCUT2D eigenvalue weighted by Gasteiger charge is -2.27. The van der Waals surface area contributed by atoms with Gasteiger partial charge < -0.3 is 31.1 Å². The molecular formula is C40H41BrN8O4. The predicted molar refractivity (Wildman–Crippen MR) is 207 cm³/mol. The van der Waals surface area contributed by atoms with Crippen molar-refractivity contribution in [3.63, 3.8) is 0 Å². The number of rotatable bonds is 3. The number of amides is 4. The van der Waals surface area contributed by atoms with Crippen molar-refractivity contribution in [2.24, 2.45) is 0 Å². The predicted octanol–water partition coefficient (Wildman–Crippen LogP) is 4.36. The van der Waals surface area contributed by atoms with E-state index in [9.17, 15) is 19.2 Å². The van der Waals surface area contributed by atoms with Crippen LogP contribution in [-0.4, -0.2) is 69.6 Å². The Kier molecular flexibility index (Phi) is 12.5. The van der Waals surface area contributed by atoms with E-state index in [2.05, 4.69) is 78.0 Å². The van der Waals surface area contributed by atoms with Crippen LogP contribution in [-0.2, 0) is 58.2 Å². The third kappa shape index (κ3) is 10.1. The SMILES string of the molecule is C=CC(=O)N1CCc2ccccc2C1.O=C1CNCc2cc(/C=C/C(=O)N3CCc4ccccc4C3)cnc2N1.O=C1CNCc2cc(Br)cnc2N1. The van der Waals surface area contributed by atoms with E-state index in [1.54, 1.807) is 24.5 Å². The number of pyridine rings is 2. The molecule has 0 atom stereocenters. The summed E-state index contributed by atoms with van der Waals surface area (Å²) in [7, 11) is 0. The molecule has 2 aromatic heterocycles. The molecule has 53 heavy (non-hydrogen) atoms. The van der Waals surface area contributed by atoms with Crippen LogP contribution in [0.25, 0.3) is 6.08 Å². The Hall–Kier alpha value is -5.50. The molecule has 0 spiro atoms. The molecule has 8 rings (SSSR count). The van der Waals surface area contributed by atoms with Crippen LogP contribution < -0.4 is 21.3 Å². The smallest absolute Gasteiger partial charge is 0.246 e. The molecule has 0 saturated heterocycles.